The highest BCUT2D eigenvalue weighted by atomic mass is 16.5. The number of hydrogen-bond acceptors (Lipinski definition) is 2. The van der Waals surface area contributed by atoms with Crippen LogP contribution in [0.15, 0.2) is 0 Å². The maximum absolute atomic E-state index is 5.60. The average Bonchev–Trinajstić information content (AvgIpc) is 2.76. The summed E-state index contributed by atoms with van der Waals surface area (Å²) in [6, 6.07) is 0. The fourth-order valence-electron chi connectivity index (χ4n) is 2.21. The Hall–Kier alpha value is -0.0800. The third kappa shape index (κ3) is 5.53. The summed E-state index contributed by atoms with van der Waals surface area (Å²) in [4.78, 5) is 0. The van der Waals surface area contributed by atoms with Gasteiger partial charge in [0.05, 0.1) is 6.10 Å². The predicted octanol–water partition coefficient (Wildman–Crippen LogP) is 2.97. The van der Waals surface area contributed by atoms with Gasteiger partial charge in [0.25, 0.3) is 0 Å². The Kier molecular flexibility index (Phi) is 7.03. The molecule has 1 aliphatic heterocycles. The molecule has 1 atom stereocenters. The van der Waals surface area contributed by atoms with Crippen molar-refractivity contribution >= 4 is 0 Å². The molecule has 90 valence electrons. The smallest absolute Gasteiger partial charge is 0.0576 e. The summed E-state index contributed by atoms with van der Waals surface area (Å²) in [5.41, 5.74) is 0. The molecule has 0 aromatic heterocycles. The second kappa shape index (κ2) is 8.12. The molecule has 0 aliphatic carbocycles. The Morgan fingerprint density at radius 3 is 2.73 bits per heavy atom. The second-order valence-corrected chi connectivity index (χ2v) is 4.66. The largest absolute Gasteiger partial charge is 0.378 e. The predicted molar refractivity (Wildman–Crippen MR) is 65.1 cm³/mol. The summed E-state index contributed by atoms with van der Waals surface area (Å²) in [6.45, 7) is 7.91. The molecule has 0 aromatic rings. The summed E-state index contributed by atoms with van der Waals surface area (Å²) in [5, 5.41) is 3.56. The molecule has 2 nitrogen and oxygen atoms in total. The van der Waals surface area contributed by atoms with Crippen molar-refractivity contribution in [2.75, 3.05) is 19.7 Å². The highest BCUT2D eigenvalue weighted by Crippen LogP contribution is 2.16. The molecule has 0 radical (unpaired) electrons. The molecule has 0 saturated carbocycles. The minimum absolute atomic E-state index is 0.569. The van der Waals surface area contributed by atoms with E-state index in [-0.39, 0.29) is 0 Å². The fourth-order valence-corrected chi connectivity index (χ4v) is 2.21. The van der Waals surface area contributed by atoms with Crippen molar-refractivity contribution in [1.82, 2.24) is 5.32 Å². The van der Waals surface area contributed by atoms with Crippen molar-refractivity contribution in [3.8, 4) is 0 Å². The maximum atomic E-state index is 5.60. The number of hydrogen-bond donors (Lipinski definition) is 1. The Morgan fingerprint density at radius 2 is 2.13 bits per heavy atom. The van der Waals surface area contributed by atoms with Crippen LogP contribution in [-0.4, -0.2) is 25.8 Å². The fraction of sp³-hybridized carbons (Fsp3) is 1.00. The van der Waals surface area contributed by atoms with Crippen LogP contribution < -0.4 is 5.32 Å². The highest BCUT2D eigenvalue weighted by Gasteiger charge is 2.14. The van der Waals surface area contributed by atoms with Gasteiger partial charge in [-0.1, -0.05) is 26.7 Å². The topological polar surface area (TPSA) is 21.3 Å². The summed E-state index contributed by atoms with van der Waals surface area (Å²) in [6.07, 6.45) is 8.24. The Morgan fingerprint density at radius 1 is 1.33 bits per heavy atom. The molecule has 1 rings (SSSR count). The van der Waals surface area contributed by atoms with Crippen molar-refractivity contribution < 1.29 is 4.74 Å². The number of ether oxygens (including phenoxy) is 1. The molecule has 1 heterocycles. The second-order valence-electron chi connectivity index (χ2n) is 4.66. The van der Waals surface area contributed by atoms with Crippen molar-refractivity contribution in [3.05, 3.63) is 0 Å². The van der Waals surface area contributed by atoms with Gasteiger partial charge in [0.1, 0.15) is 0 Å². The quantitative estimate of drug-likeness (QED) is 0.626. The van der Waals surface area contributed by atoms with E-state index in [4.69, 9.17) is 4.74 Å². The van der Waals surface area contributed by atoms with E-state index in [0.29, 0.717) is 6.10 Å². The molecule has 1 unspecified atom stereocenters. The minimum atomic E-state index is 0.569. The molecule has 1 N–H and O–H groups in total. The number of nitrogens with one attached hydrogen (secondary N) is 1. The summed E-state index contributed by atoms with van der Waals surface area (Å²) >= 11 is 0. The molecule has 0 aromatic carbocycles. The zero-order valence-electron chi connectivity index (χ0n) is 10.4. The first-order valence-corrected chi connectivity index (χ1v) is 6.69. The van der Waals surface area contributed by atoms with Gasteiger partial charge in [0.15, 0.2) is 0 Å². The van der Waals surface area contributed by atoms with Gasteiger partial charge in [-0.05, 0) is 44.7 Å². The standard InChI is InChI=1S/C13H27NO/c1-3-12(4-2)11-14-9-5-7-13-8-6-10-15-13/h12-14H,3-11H2,1-2H3. The van der Waals surface area contributed by atoms with Gasteiger partial charge in [-0.15, -0.1) is 0 Å². The van der Waals surface area contributed by atoms with Crippen LogP contribution in [-0.2, 0) is 4.74 Å². The average molecular weight is 213 g/mol. The lowest BCUT2D eigenvalue weighted by Crippen LogP contribution is -2.24. The van der Waals surface area contributed by atoms with E-state index in [1.807, 2.05) is 0 Å². The van der Waals surface area contributed by atoms with E-state index in [1.165, 1.54) is 45.1 Å². The molecule has 1 aliphatic rings. The van der Waals surface area contributed by atoms with Gasteiger partial charge < -0.3 is 10.1 Å². The van der Waals surface area contributed by atoms with Crippen LogP contribution in [0.1, 0.15) is 52.4 Å². The van der Waals surface area contributed by atoms with Gasteiger partial charge in [-0.3, -0.25) is 0 Å². The zero-order valence-corrected chi connectivity index (χ0v) is 10.4. The summed E-state index contributed by atoms with van der Waals surface area (Å²) in [7, 11) is 0. The first-order chi connectivity index (χ1) is 7.36. The van der Waals surface area contributed by atoms with Crippen LogP contribution in [0.25, 0.3) is 0 Å². The molecular weight excluding hydrogens is 186 g/mol. The maximum Gasteiger partial charge on any atom is 0.0576 e. The lowest BCUT2D eigenvalue weighted by molar-refractivity contribution is 0.102. The van der Waals surface area contributed by atoms with Gasteiger partial charge >= 0.3 is 0 Å². The van der Waals surface area contributed by atoms with Gasteiger partial charge in [-0.2, -0.15) is 0 Å². The lowest BCUT2D eigenvalue weighted by atomic mass is 10.0. The van der Waals surface area contributed by atoms with E-state index >= 15 is 0 Å². The van der Waals surface area contributed by atoms with Gasteiger partial charge in [0, 0.05) is 6.61 Å². The highest BCUT2D eigenvalue weighted by molar-refractivity contribution is 4.66. The molecule has 15 heavy (non-hydrogen) atoms. The summed E-state index contributed by atoms with van der Waals surface area (Å²) in [5.74, 6) is 0.868. The zero-order chi connectivity index (χ0) is 10.9. The lowest BCUT2D eigenvalue weighted by Gasteiger charge is -2.14. The monoisotopic (exact) mass is 213 g/mol. The Labute approximate surface area is 94.8 Å². The van der Waals surface area contributed by atoms with Crippen LogP contribution >= 0.6 is 0 Å². The van der Waals surface area contributed by atoms with Crippen molar-refractivity contribution in [2.45, 2.75) is 58.5 Å². The molecule has 0 amide bonds. The summed E-state index contributed by atoms with van der Waals surface area (Å²) < 4.78 is 5.60. The molecule has 1 fully saturated rings. The van der Waals surface area contributed by atoms with Crippen molar-refractivity contribution in [2.24, 2.45) is 5.92 Å². The van der Waals surface area contributed by atoms with Crippen LogP contribution in [0, 0.1) is 5.92 Å². The van der Waals surface area contributed by atoms with E-state index in [2.05, 4.69) is 19.2 Å². The molecule has 0 bridgehead atoms. The normalized spacial score (nSPS) is 21.4. The molecule has 0 spiro atoms. The minimum Gasteiger partial charge on any atom is -0.378 e. The van der Waals surface area contributed by atoms with Crippen LogP contribution in [0.2, 0.25) is 0 Å². The van der Waals surface area contributed by atoms with E-state index in [9.17, 15) is 0 Å². The van der Waals surface area contributed by atoms with Crippen molar-refractivity contribution in [3.63, 3.8) is 0 Å². The first kappa shape index (κ1) is 13.0. The van der Waals surface area contributed by atoms with E-state index < -0.39 is 0 Å². The Bertz CT molecular complexity index is 135. The third-order valence-corrected chi connectivity index (χ3v) is 3.49. The molecule has 1 saturated heterocycles. The SMILES string of the molecule is CCC(CC)CNCCCC1CCCO1. The van der Waals surface area contributed by atoms with Gasteiger partial charge in [0.2, 0.25) is 0 Å². The van der Waals surface area contributed by atoms with Crippen LogP contribution in [0.5, 0.6) is 0 Å². The Balaban J connectivity index is 1.87. The van der Waals surface area contributed by atoms with E-state index in [0.717, 1.165) is 19.1 Å². The molecular formula is C13H27NO. The van der Waals surface area contributed by atoms with Gasteiger partial charge in [-0.25, -0.2) is 0 Å². The number of rotatable bonds is 8. The third-order valence-electron chi connectivity index (χ3n) is 3.49. The molecule has 2 heteroatoms. The van der Waals surface area contributed by atoms with Crippen LogP contribution in [0.4, 0.5) is 0 Å². The van der Waals surface area contributed by atoms with Crippen LogP contribution in [0.3, 0.4) is 0 Å². The van der Waals surface area contributed by atoms with E-state index in [1.54, 1.807) is 0 Å². The first-order valence-electron chi connectivity index (χ1n) is 6.69. The van der Waals surface area contributed by atoms with Crippen molar-refractivity contribution in [1.29, 1.82) is 0 Å².